The van der Waals surface area contributed by atoms with Gasteiger partial charge in [-0.1, -0.05) is 41.7 Å². The number of carbonyl (C=O) groups excluding carboxylic acids is 1. The highest BCUT2D eigenvalue weighted by molar-refractivity contribution is 7.15. The van der Waals surface area contributed by atoms with Crippen LogP contribution in [0.2, 0.25) is 0 Å². The zero-order valence-corrected chi connectivity index (χ0v) is 17.4. The van der Waals surface area contributed by atoms with Crippen molar-refractivity contribution in [2.45, 2.75) is 26.2 Å². The summed E-state index contributed by atoms with van der Waals surface area (Å²) in [7, 11) is 1.60. The first kappa shape index (κ1) is 20.1. The van der Waals surface area contributed by atoms with E-state index >= 15 is 0 Å². The Morgan fingerprint density at radius 3 is 2.80 bits per heavy atom. The number of aryl methyl sites for hydroxylation is 1. The average Bonchev–Trinajstić information content (AvgIpc) is 3.38. The minimum absolute atomic E-state index is 0.103. The molecule has 0 aliphatic rings. The van der Waals surface area contributed by atoms with Crippen molar-refractivity contribution in [1.29, 1.82) is 0 Å². The second kappa shape index (κ2) is 9.51. The molecule has 4 rings (SSSR count). The smallest absolute Gasteiger partial charge is 0.227 e. The van der Waals surface area contributed by atoms with Gasteiger partial charge in [0.05, 0.1) is 5.52 Å². The maximum Gasteiger partial charge on any atom is 0.227 e. The number of benzene rings is 2. The summed E-state index contributed by atoms with van der Waals surface area (Å²) in [6, 6.07) is 18.1. The van der Waals surface area contributed by atoms with Crippen molar-refractivity contribution in [2.24, 2.45) is 0 Å². The maximum atomic E-state index is 12.3. The quantitative estimate of drug-likeness (QED) is 0.436. The lowest BCUT2D eigenvalue weighted by Gasteiger charge is -2.09. The number of nitrogens with one attached hydrogen (secondary N) is 1. The van der Waals surface area contributed by atoms with Gasteiger partial charge < -0.3 is 19.4 Å². The number of nitrogens with zero attached hydrogens (tertiary/aromatic N) is 3. The van der Waals surface area contributed by atoms with Crippen LogP contribution in [-0.4, -0.2) is 27.8 Å². The lowest BCUT2D eigenvalue weighted by atomic mass is 10.2. The van der Waals surface area contributed by atoms with Crippen LogP contribution in [0.1, 0.15) is 17.0 Å². The van der Waals surface area contributed by atoms with Crippen molar-refractivity contribution in [2.75, 3.05) is 12.4 Å². The standard InChI is InChI=1S/C22H22N4O3S/c1-28-15-21-24-25-22(30-21)23-20(27)10-12-26-11-9-17-7-8-18(13-19(17)26)29-14-16-5-3-2-4-6-16/h2-9,11,13H,10,12,14-15H2,1H3,(H,23,25,27). The summed E-state index contributed by atoms with van der Waals surface area (Å²) in [4.78, 5) is 12.3. The first-order valence-corrected chi connectivity index (χ1v) is 10.4. The third-order valence-corrected chi connectivity index (χ3v) is 5.37. The molecule has 0 saturated heterocycles. The summed E-state index contributed by atoms with van der Waals surface area (Å²) in [5.74, 6) is 0.698. The minimum Gasteiger partial charge on any atom is -0.489 e. The molecular formula is C22H22N4O3S. The van der Waals surface area contributed by atoms with E-state index < -0.39 is 0 Å². The van der Waals surface area contributed by atoms with Gasteiger partial charge in [-0.25, -0.2) is 0 Å². The molecule has 1 amide bonds. The van der Waals surface area contributed by atoms with E-state index in [1.807, 2.05) is 60.8 Å². The number of hydrogen-bond donors (Lipinski definition) is 1. The van der Waals surface area contributed by atoms with Crippen molar-refractivity contribution < 1.29 is 14.3 Å². The summed E-state index contributed by atoms with van der Waals surface area (Å²) in [6.45, 7) is 1.46. The Labute approximate surface area is 178 Å². The first-order valence-electron chi connectivity index (χ1n) is 9.58. The van der Waals surface area contributed by atoms with E-state index in [2.05, 4.69) is 20.1 Å². The third kappa shape index (κ3) is 5.03. The summed E-state index contributed by atoms with van der Waals surface area (Å²) in [6.07, 6.45) is 2.32. The van der Waals surface area contributed by atoms with Crippen LogP contribution in [-0.2, 0) is 29.3 Å². The zero-order chi connectivity index (χ0) is 20.8. The van der Waals surface area contributed by atoms with E-state index in [1.54, 1.807) is 7.11 Å². The van der Waals surface area contributed by atoms with E-state index in [9.17, 15) is 4.79 Å². The number of aromatic nitrogens is 3. The molecule has 0 unspecified atom stereocenters. The van der Waals surface area contributed by atoms with Crippen molar-refractivity contribution >= 4 is 33.3 Å². The number of amides is 1. The summed E-state index contributed by atoms with van der Waals surface area (Å²) in [5.41, 5.74) is 2.15. The Balaban J connectivity index is 1.36. The number of anilines is 1. The molecule has 0 radical (unpaired) electrons. The van der Waals surface area contributed by atoms with Gasteiger partial charge in [0, 0.05) is 32.3 Å². The van der Waals surface area contributed by atoms with Crippen LogP contribution in [0.15, 0.2) is 60.8 Å². The van der Waals surface area contributed by atoms with Gasteiger partial charge in [0.1, 0.15) is 24.0 Å². The molecule has 8 heteroatoms. The molecular weight excluding hydrogens is 400 g/mol. The van der Waals surface area contributed by atoms with E-state index in [0.29, 0.717) is 31.3 Å². The molecule has 0 spiro atoms. The molecule has 0 bridgehead atoms. The Kier molecular flexibility index (Phi) is 6.36. The second-order valence-electron chi connectivity index (χ2n) is 6.74. The van der Waals surface area contributed by atoms with Crippen LogP contribution in [0, 0.1) is 0 Å². The molecule has 0 aliphatic carbocycles. The van der Waals surface area contributed by atoms with Crippen LogP contribution in [0.5, 0.6) is 5.75 Å². The van der Waals surface area contributed by atoms with Crippen LogP contribution < -0.4 is 10.1 Å². The summed E-state index contributed by atoms with van der Waals surface area (Å²) in [5, 5.41) is 13.0. The van der Waals surface area contributed by atoms with E-state index in [0.717, 1.165) is 27.2 Å². The molecule has 0 aliphatic heterocycles. The summed E-state index contributed by atoms with van der Waals surface area (Å²) < 4.78 is 13.0. The molecule has 2 aromatic carbocycles. The summed E-state index contributed by atoms with van der Waals surface area (Å²) >= 11 is 1.31. The number of hydrogen-bond acceptors (Lipinski definition) is 6. The normalized spacial score (nSPS) is 11.0. The molecule has 0 atom stereocenters. The number of rotatable bonds is 9. The lowest BCUT2D eigenvalue weighted by molar-refractivity contribution is -0.116. The molecule has 154 valence electrons. The van der Waals surface area contributed by atoms with Gasteiger partial charge in [0.25, 0.3) is 0 Å². The molecule has 1 N–H and O–H groups in total. The van der Waals surface area contributed by atoms with Gasteiger partial charge in [0.2, 0.25) is 11.0 Å². The average molecular weight is 423 g/mol. The van der Waals surface area contributed by atoms with E-state index in [4.69, 9.17) is 9.47 Å². The highest BCUT2D eigenvalue weighted by Crippen LogP contribution is 2.23. The predicted molar refractivity (Wildman–Crippen MR) is 117 cm³/mol. The van der Waals surface area contributed by atoms with Crippen molar-refractivity contribution in [3.05, 3.63) is 71.4 Å². The topological polar surface area (TPSA) is 78.3 Å². The Morgan fingerprint density at radius 1 is 1.10 bits per heavy atom. The molecule has 2 aromatic heterocycles. The van der Waals surface area contributed by atoms with Crippen LogP contribution in [0.4, 0.5) is 5.13 Å². The lowest BCUT2D eigenvalue weighted by Crippen LogP contribution is -2.14. The number of methoxy groups -OCH3 is 1. The molecule has 7 nitrogen and oxygen atoms in total. The maximum absolute atomic E-state index is 12.3. The van der Waals surface area contributed by atoms with Gasteiger partial charge >= 0.3 is 0 Å². The number of ether oxygens (including phenoxy) is 2. The highest BCUT2D eigenvalue weighted by Gasteiger charge is 2.10. The molecule has 0 fully saturated rings. The molecule has 4 aromatic rings. The Hall–Kier alpha value is -3.23. The van der Waals surface area contributed by atoms with Gasteiger partial charge in [-0.2, -0.15) is 0 Å². The Morgan fingerprint density at radius 2 is 1.97 bits per heavy atom. The van der Waals surface area contributed by atoms with Gasteiger partial charge in [-0.3, -0.25) is 4.79 Å². The third-order valence-electron chi connectivity index (χ3n) is 4.55. The van der Waals surface area contributed by atoms with Crippen molar-refractivity contribution in [3.63, 3.8) is 0 Å². The van der Waals surface area contributed by atoms with Crippen molar-refractivity contribution in [3.8, 4) is 5.75 Å². The van der Waals surface area contributed by atoms with Crippen LogP contribution in [0.25, 0.3) is 10.9 Å². The molecule has 30 heavy (non-hydrogen) atoms. The van der Waals surface area contributed by atoms with Crippen LogP contribution in [0.3, 0.4) is 0 Å². The Bertz CT molecular complexity index is 1120. The molecule has 0 saturated carbocycles. The van der Waals surface area contributed by atoms with E-state index in [-0.39, 0.29) is 5.91 Å². The predicted octanol–water partition coefficient (Wildman–Crippen LogP) is 4.25. The number of fused-ring (bicyclic) bond motifs is 1. The van der Waals surface area contributed by atoms with Crippen LogP contribution >= 0.6 is 11.3 Å². The first-order chi connectivity index (χ1) is 14.7. The fourth-order valence-corrected chi connectivity index (χ4v) is 3.81. The van der Waals surface area contributed by atoms with E-state index in [1.165, 1.54) is 11.3 Å². The zero-order valence-electron chi connectivity index (χ0n) is 16.6. The minimum atomic E-state index is -0.103. The fraction of sp³-hybridized carbons (Fsp3) is 0.227. The molecule has 2 heterocycles. The highest BCUT2D eigenvalue weighted by atomic mass is 32.1. The van der Waals surface area contributed by atoms with Gasteiger partial charge in [0.15, 0.2) is 0 Å². The van der Waals surface area contributed by atoms with Gasteiger partial charge in [-0.05, 0) is 29.1 Å². The number of carbonyl (C=O) groups is 1. The fourth-order valence-electron chi connectivity index (χ4n) is 3.08. The SMILES string of the molecule is COCc1nnc(NC(=O)CCn2ccc3ccc(OCc4ccccc4)cc32)s1. The monoisotopic (exact) mass is 422 g/mol. The van der Waals surface area contributed by atoms with Gasteiger partial charge in [-0.15, -0.1) is 10.2 Å². The largest absolute Gasteiger partial charge is 0.489 e. The van der Waals surface area contributed by atoms with Crippen molar-refractivity contribution in [1.82, 2.24) is 14.8 Å². The second-order valence-corrected chi connectivity index (χ2v) is 7.80.